The number of nitrogens with two attached hydrogens (primary N) is 1. The Morgan fingerprint density at radius 1 is 1.45 bits per heavy atom. The fraction of sp³-hybridized carbons (Fsp3) is 0.286. The Balaban J connectivity index is 2.24. The van der Waals surface area contributed by atoms with Crippen molar-refractivity contribution in [3.05, 3.63) is 44.8 Å². The molecule has 0 fully saturated rings. The van der Waals surface area contributed by atoms with Crippen LogP contribution in [0.2, 0.25) is 0 Å². The number of benzene rings is 1. The van der Waals surface area contributed by atoms with Crippen LogP contribution in [-0.2, 0) is 5.79 Å². The molecule has 5 nitrogen and oxygen atoms in total. The van der Waals surface area contributed by atoms with E-state index in [0.717, 1.165) is 27.9 Å². The summed E-state index contributed by atoms with van der Waals surface area (Å²) >= 11 is 2.21. The Kier molecular flexibility index (Phi) is 4.62. The maximum atomic E-state index is 8.83. The van der Waals surface area contributed by atoms with Crippen LogP contribution in [0.25, 0.3) is 0 Å². The Morgan fingerprint density at radius 3 is 2.75 bits per heavy atom. The first kappa shape index (κ1) is 14.8. The first-order valence-electron chi connectivity index (χ1n) is 6.35. The summed E-state index contributed by atoms with van der Waals surface area (Å²) in [5.74, 6) is -0.118. The van der Waals surface area contributed by atoms with Crippen LogP contribution < -0.4 is 16.4 Å². The maximum Gasteiger partial charge on any atom is 0.210 e. The SMILES string of the molecule is CCCNC1=C(I)C=NC(N)(c2ccc(C#N)cc2)N1. The lowest BCUT2D eigenvalue weighted by molar-refractivity contribution is 0.381. The largest absolute Gasteiger partial charge is 0.371 e. The number of nitriles is 1. The molecule has 0 saturated heterocycles. The van der Waals surface area contributed by atoms with E-state index < -0.39 is 5.79 Å². The number of allylic oxidation sites excluding steroid dienone is 1. The van der Waals surface area contributed by atoms with Crippen LogP contribution in [0.15, 0.2) is 38.7 Å². The average molecular weight is 381 g/mol. The Hall–Kier alpha value is -1.59. The van der Waals surface area contributed by atoms with E-state index in [2.05, 4.69) is 51.2 Å². The Labute approximate surface area is 132 Å². The standard InChI is InChI=1S/C14H16IN5/c1-2-7-18-13-12(15)9-19-14(17,20-13)11-5-3-10(8-16)4-6-11/h3-6,9,18,20H,2,7,17H2,1H3. The summed E-state index contributed by atoms with van der Waals surface area (Å²) in [6.45, 7) is 2.97. The molecule has 1 heterocycles. The Morgan fingerprint density at radius 2 is 2.15 bits per heavy atom. The molecule has 0 amide bonds. The molecule has 1 unspecified atom stereocenters. The van der Waals surface area contributed by atoms with Gasteiger partial charge in [-0.2, -0.15) is 5.26 Å². The topological polar surface area (TPSA) is 86.2 Å². The molecule has 0 spiro atoms. The van der Waals surface area contributed by atoms with Crippen molar-refractivity contribution in [1.82, 2.24) is 10.6 Å². The minimum absolute atomic E-state index is 0.603. The summed E-state index contributed by atoms with van der Waals surface area (Å²) in [5.41, 5.74) is 7.74. The van der Waals surface area contributed by atoms with Crippen LogP contribution in [-0.4, -0.2) is 12.8 Å². The van der Waals surface area contributed by atoms with Gasteiger partial charge in [-0.15, -0.1) is 0 Å². The van der Waals surface area contributed by atoms with E-state index in [1.54, 1.807) is 18.3 Å². The molecule has 0 bridgehead atoms. The van der Waals surface area contributed by atoms with Gasteiger partial charge in [-0.25, -0.2) is 4.99 Å². The highest BCUT2D eigenvalue weighted by Crippen LogP contribution is 2.24. The third-order valence-electron chi connectivity index (χ3n) is 2.94. The summed E-state index contributed by atoms with van der Waals surface area (Å²) in [5, 5.41) is 15.4. The van der Waals surface area contributed by atoms with Gasteiger partial charge in [0.05, 0.1) is 15.2 Å². The van der Waals surface area contributed by atoms with E-state index in [1.807, 2.05) is 12.1 Å². The molecule has 0 saturated carbocycles. The minimum Gasteiger partial charge on any atom is -0.371 e. The molecule has 1 atom stereocenters. The molecule has 1 aromatic rings. The van der Waals surface area contributed by atoms with Crippen molar-refractivity contribution < 1.29 is 0 Å². The van der Waals surface area contributed by atoms with Gasteiger partial charge in [0, 0.05) is 18.3 Å². The fourth-order valence-electron chi connectivity index (χ4n) is 1.83. The maximum absolute atomic E-state index is 8.83. The van der Waals surface area contributed by atoms with E-state index in [0.29, 0.717) is 5.56 Å². The molecule has 4 N–H and O–H groups in total. The van der Waals surface area contributed by atoms with Crippen LogP contribution in [0.1, 0.15) is 24.5 Å². The zero-order valence-corrected chi connectivity index (χ0v) is 13.3. The predicted molar refractivity (Wildman–Crippen MR) is 88.0 cm³/mol. The van der Waals surface area contributed by atoms with Crippen molar-refractivity contribution in [1.29, 1.82) is 5.26 Å². The van der Waals surface area contributed by atoms with E-state index in [9.17, 15) is 0 Å². The second-order valence-corrected chi connectivity index (χ2v) is 5.65. The molecule has 104 valence electrons. The van der Waals surface area contributed by atoms with Gasteiger partial charge in [0.1, 0.15) is 5.82 Å². The van der Waals surface area contributed by atoms with Gasteiger partial charge in [-0.1, -0.05) is 19.1 Å². The van der Waals surface area contributed by atoms with Gasteiger partial charge < -0.3 is 10.6 Å². The minimum atomic E-state index is -1.00. The fourth-order valence-corrected chi connectivity index (χ4v) is 2.29. The highest BCUT2D eigenvalue weighted by molar-refractivity contribution is 14.1. The van der Waals surface area contributed by atoms with Crippen LogP contribution in [0.3, 0.4) is 0 Å². The number of aliphatic imine (C=N–C) groups is 1. The molecule has 0 aromatic heterocycles. The van der Waals surface area contributed by atoms with Crippen LogP contribution in [0.5, 0.6) is 0 Å². The van der Waals surface area contributed by atoms with Gasteiger partial charge in [-0.3, -0.25) is 5.73 Å². The van der Waals surface area contributed by atoms with E-state index in [4.69, 9.17) is 11.0 Å². The van der Waals surface area contributed by atoms with Crippen LogP contribution in [0, 0.1) is 11.3 Å². The summed E-state index contributed by atoms with van der Waals surface area (Å²) in [6.07, 6.45) is 2.79. The number of rotatable bonds is 4. The molecule has 0 aliphatic carbocycles. The number of hydrogen-bond donors (Lipinski definition) is 3. The van der Waals surface area contributed by atoms with E-state index >= 15 is 0 Å². The van der Waals surface area contributed by atoms with Crippen LogP contribution in [0.4, 0.5) is 0 Å². The van der Waals surface area contributed by atoms with Gasteiger partial charge in [0.15, 0.2) is 0 Å². The van der Waals surface area contributed by atoms with Crippen molar-refractivity contribution >= 4 is 28.8 Å². The molecule has 6 heteroatoms. The predicted octanol–water partition coefficient (Wildman–Crippen LogP) is 1.90. The number of nitrogens with zero attached hydrogens (tertiary/aromatic N) is 2. The first-order valence-corrected chi connectivity index (χ1v) is 7.43. The lowest BCUT2D eigenvalue weighted by atomic mass is 10.1. The molecule has 1 aliphatic heterocycles. The normalized spacial score (nSPS) is 21.3. The van der Waals surface area contributed by atoms with Crippen molar-refractivity contribution in [2.75, 3.05) is 6.54 Å². The van der Waals surface area contributed by atoms with E-state index in [-0.39, 0.29) is 0 Å². The van der Waals surface area contributed by atoms with Gasteiger partial charge in [0.25, 0.3) is 0 Å². The number of halogens is 1. The molecule has 2 rings (SSSR count). The lowest BCUT2D eigenvalue weighted by Crippen LogP contribution is -2.52. The van der Waals surface area contributed by atoms with Crippen molar-refractivity contribution in [3.8, 4) is 6.07 Å². The quantitative estimate of drug-likeness (QED) is 0.696. The summed E-state index contributed by atoms with van der Waals surface area (Å²) in [6, 6.07) is 9.21. The Bertz CT molecular complexity index is 585. The lowest BCUT2D eigenvalue weighted by Gasteiger charge is -2.32. The van der Waals surface area contributed by atoms with Crippen molar-refractivity contribution in [3.63, 3.8) is 0 Å². The zero-order chi connectivity index (χ0) is 14.6. The summed E-state index contributed by atoms with van der Waals surface area (Å²) < 4.78 is 0.991. The average Bonchev–Trinajstić information content (AvgIpc) is 2.48. The number of nitrogens with one attached hydrogen (secondary N) is 2. The molecular weight excluding hydrogens is 365 g/mol. The van der Waals surface area contributed by atoms with Crippen LogP contribution >= 0.6 is 22.6 Å². The first-order chi connectivity index (χ1) is 9.59. The highest BCUT2D eigenvalue weighted by Gasteiger charge is 2.30. The third-order valence-corrected chi connectivity index (χ3v) is 3.76. The second kappa shape index (κ2) is 6.24. The van der Waals surface area contributed by atoms with Gasteiger partial charge >= 0.3 is 0 Å². The van der Waals surface area contributed by atoms with E-state index in [1.165, 1.54) is 0 Å². The second-order valence-electron chi connectivity index (χ2n) is 4.49. The molecular formula is C14H16IN5. The summed E-state index contributed by atoms with van der Waals surface area (Å²) in [7, 11) is 0. The molecule has 20 heavy (non-hydrogen) atoms. The molecule has 1 aliphatic rings. The smallest absolute Gasteiger partial charge is 0.210 e. The monoisotopic (exact) mass is 381 g/mol. The summed E-state index contributed by atoms with van der Waals surface area (Å²) in [4.78, 5) is 4.38. The third kappa shape index (κ3) is 3.11. The highest BCUT2D eigenvalue weighted by atomic mass is 127. The zero-order valence-electron chi connectivity index (χ0n) is 11.2. The van der Waals surface area contributed by atoms with Gasteiger partial charge in [0.2, 0.25) is 5.79 Å². The molecule has 0 radical (unpaired) electrons. The van der Waals surface area contributed by atoms with Crippen molar-refractivity contribution in [2.45, 2.75) is 19.1 Å². The van der Waals surface area contributed by atoms with Crippen molar-refractivity contribution in [2.24, 2.45) is 10.7 Å². The molecule has 1 aromatic carbocycles. The number of hydrogen-bond acceptors (Lipinski definition) is 5. The van der Waals surface area contributed by atoms with Gasteiger partial charge in [-0.05, 0) is 41.1 Å².